The van der Waals surface area contributed by atoms with Crippen molar-refractivity contribution in [1.82, 2.24) is 24.3 Å². The summed E-state index contributed by atoms with van der Waals surface area (Å²) >= 11 is 0. The third-order valence-corrected chi connectivity index (χ3v) is 6.44. The summed E-state index contributed by atoms with van der Waals surface area (Å²) in [5, 5.41) is 0. The van der Waals surface area contributed by atoms with Crippen LogP contribution in [0, 0.1) is 0 Å². The van der Waals surface area contributed by atoms with Crippen molar-refractivity contribution in [2.45, 2.75) is 37.4 Å². The molecule has 0 bridgehead atoms. The molecule has 0 radical (unpaired) electrons. The molecule has 2 aromatic rings. The highest BCUT2D eigenvalue weighted by Crippen LogP contribution is 2.32. The fourth-order valence-electron chi connectivity index (χ4n) is 4.59. The van der Waals surface area contributed by atoms with Crippen LogP contribution in [0.4, 0.5) is 4.39 Å². The number of pyridine rings is 1. The van der Waals surface area contributed by atoms with Gasteiger partial charge in [0.25, 0.3) is 5.91 Å². The maximum Gasteiger partial charge on any atom is 0.260 e. The Balaban J connectivity index is 1.32. The van der Waals surface area contributed by atoms with Crippen molar-refractivity contribution in [1.29, 1.82) is 0 Å². The first-order valence-electron chi connectivity index (χ1n) is 10.8. The zero-order chi connectivity index (χ0) is 21.8. The van der Waals surface area contributed by atoms with Crippen LogP contribution < -0.4 is 11.5 Å². The number of carbonyl (C=O) groups excluding carboxylic acids is 1. The summed E-state index contributed by atoms with van der Waals surface area (Å²) in [4.78, 5) is 25.7. The van der Waals surface area contributed by atoms with E-state index in [4.69, 9.17) is 11.5 Å². The molecule has 4 N–H and O–H groups in total. The summed E-state index contributed by atoms with van der Waals surface area (Å²) < 4.78 is 17.6. The quantitative estimate of drug-likeness (QED) is 0.704. The van der Waals surface area contributed by atoms with Crippen molar-refractivity contribution in [3.05, 3.63) is 48.7 Å². The van der Waals surface area contributed by atoms with Gasteiger partial charge in [-0.3, -0.25) is 9.69 Å². The van der Waals surface area contributed by atoms with E-state index in [2.05, 4.69) is 19.4 Å². The van der Waals surface area contributed by atoms with Gasteiger partial charge in [0.2, 0.25) is 0 Å². The van der Waals surface area contributed by atoms with Gasteiger partial charge in [-0.25, -0.2) is 14.4 Å². The van der Waals surface area contributed by atoms with Gasteiger partial charge in [0, 0.05) is 57.8 Å². The highest BCUT2D eigenvalue weighted by atomic mass is 19.1. The molecule has 4 heterocycles. The first-order valence-corrected chi connectivity index (χ1v) is 10.8. The van der Waals surface area contributed by atoms with Crippen molar-refractivity contribution < 1.29 is 9.18 Å². The molecule has 8 nitrogen and oxygen atoms in total. The summed E-state index contributed by atoms with van der Waals surface area (Å²) in [6, 6.07) is 4.03. The number of imidazole rings is 1. The predicted octanol–water partition coefficient (Wildman–Crippen LogP) is 1.71. The van der Waals surface area contributed by atoms with Crippen molar-refractivity contribution >= 4 is 17.1 Å². The van der Waals surface area contributed by atoms with Crippen molar-refractivity contribution in [3.8, 4) is 0 Å². The lowest BCUT2D eigenvalue weighted by molar-refractivity contribution is -0.148. The molecule has 2 aliphatic rings. The van der Waals surface area contributed by atoms with Gasteiger partial charge >= 0.3 is 0 Å². The summed E-state index contributed by atoms with van der Waals surface area (Å²) in [6.07, 6.45) is 10.2. The molecule has 1 amide bonds. The van der Waals surface area contributed by atoms with Gasteiger partial charge in [0.15, 0.2) is 11.3 Å². The maximum atomic E-state index is 15.6. The molecule has 0 unspecified atom stereocenters. The number of amides is 1. The lowest BCUT2D eigenvalue weighted by atomic mass is 9.90. The Morgan fingerprint density at radius 3 is 2.61 bits per heavy atom. The fourth-order valence-corrected chi connectivity index (χ4v) is 4.59. The Bertz CT molecular complexity index is 969. The van der Waals surface area contributed by atoms with E-state index in [1.165, 1.54) is 12.4 Å². The average molecular weight is 428 g/mol. The fraction of sp³-hybridized carbons (Fsp3) is 0.500. The van der Waals surface area contributed by atoms with Crippen LogP contribution in [0.1, 0.15) is 31.7 Å². The number of nitrogens with two attached hydrogens (primary N) is 2. The Morgan fingerprint density at radius 2 is 1.94 bits per heavy atom. The second kappa shape index (κ2) is 9.05. The number of alkyl halides is 1. The molecule has 166 valence electrons. The van der Waals surface area contributed by atoms with E-state index in [0.29, 0.717) is 32.7 Å². The van der Waals surface area contributed by atoms with E-state index in [1.54, 1.807) is 17.2 Å². The van der Waals surface area contributed by atoms with Crippen LogP contribution >= 0.6 is 0 Å². The maximum absolute atomic E-state index is 15.6. The van der Waals surface area contributed by atoms with Gasteiger partial charge in [-0.1, -0.05) is 0 Å². The molecule has 0 aliphatic carbocycles. The van der Waals surface area contributed by atoms with Crippen LogP contribution in [0.2, 0.25) is 0 Å². The number of nitrogens with zero attached hydrogens (tertiary/aromatic N) is 5. The van der Waals surface area contributed by atoms with E-state index in [1.807, 2.05) is 18.5 Å². The Kier molecular flexibility index (Phi) is 6.22. The molecule has 0 atom stereocenters. The zero-order valence-electron chi connectivity index (χ0n) is 17.7. The standard InChI is InChI=1S/C22H30FN7O/c23-22(6-12-28(13-7-22)15-17(14-25)3-8-24)21(31)29-10-4-18(5-11-29)30-16-27-19-2-1-9-26-20(19)30/h1-3,8-9,14,16,18H,4-7,10-13,15,24-25H2/b8-3-,17-14+. The number of carbonyl (C=O) groups is 1. The largest absolute Gasteiger partial charge is 0.405 e. The minimum Gasteiger partial charge on any atom is -0.405 e. The molecular formula is C22H30FN7O. The normalized spacial score (nSPS) is 21.2. The number of fused-ring (bicyclic) bond motifs is 1. The Labute approximate surface area is 181 Å². The SMILES string of the molecule is N/C=C\C(=C/N)CN1CCC(F)(C(=O)N2CCC(n3cnc4cccnc43)CC2)CC1. The van der Waals surface area contributed by atoms with Crippen molar-refractivity contribution in [2.24, 2.45) is 11.5 Å². The van der Waals surface area contributed by atoms with Crippen molar-refractivity contribution in [3.63, 3.8) is 0 Å². The monoisotopic (exact) mass is 427 g/mol. The molecule has 4 rings (SSSR count). The highest BCUT2D eigenvalue weighted by Gasteiger charge is 2.44. The van der Waals surface area contributed by atoms with Gasteiger partial charge in [-0.15, -0.1) is 0 Å². The minimum absolute atomic E-state index is 0.200. The first kappa shape index (κ1) is 21.3. The number of hydrogen-bond donors (Lipinski definition) is 2. The van der Waals surface area contributed by atoms with E-state index >= 15 is 4.39 Å². The van der Waals surface area contributed by atoms with Crippen LogP contribution in [0.3, 0.4) is 0 Å². The van der Waals surface area contributed by atoms with Crippen LogP contribution in [-0.2, 0) is 4.79 Å². The van der Waals surface area contributed by atoms with Gasteiger partial charge in [-0.05, 0) is 49.0 Å². The molecule has 31 heavy (non-hydrogen) atoms. The van der Waals surface area contributed by atoms with Crippen LogP contribution in [0.15, 0.2) is 48.7 Å². The van der Waals surface area contributed by atoms with Gasteiger partial charge in [0.1, 0.15) is 5.52 Å². The van der Waals surface area contributed by atoms with E-state index in [9.17, 15) is 4.79 Å². The molecule has 0 aromatic carbocycles. The summed E-state index contributed by atoms with van der Waals surface area (Å²) in [5.74, 6) is -0.365. The van der Waals surface area contributed by atoms with E-state index in [0.717, 1.165) is 29.6 Å². The average Bonchev–Trinajstić information content (AvgIpc) is 3.24. The zero-order valence-corrected chi connectivity index (χ0v) is 17.7. The number of hydrogen-bond acceptors (Lipinski definition) is 6. The van der Waals surface area contributed by atoms with E-state index < -0.39 is 5.67 Å². The number of aromatic nitrogens is 3. The Morgan fingerprint density at radius 1 is 1.19 bits per heavy atom. The van der Waals surface area contributed by atoms with Crippen LogP contribution in [-0.4, -0.2) is 68.6 Å². The van der Waals surface area contributed by atoms with Gasteiger partial charge < -0.3 is 20.9 Å². The number of likely N-dealkylation sites (tertiary alicyclic amines) is 2. The number of rotatable bonds is 5. The molecular weight excluding hydrogens is 397 g/mol. The van der Waals surface area contributed by atoms with Gasteiger partial charge in [0.05, 0.1) is 6.33 Å². The van der Waals surface area contributed by atoms with Crippen molar-refractivity contribution in [2.75, 3.05) is 32.7 Å². The molecule has 2 saturated heterocycles. The summed E-state index contributed by atoms with van der Waals surface area (Å²) in [5.41, 5.74) is 11.9. The highest BCUT2D eigenvalue weighted by molar-refractivity contribution is 5.85. The second-order valence-corrected chi connectivity index (χ2v) is 8.36. The molecule has 0 spiro atoms. The molecule has 2 aliphatic heterocycles. The topological polar surface area (TPSA) is 106 Å². The molecule has 0 saturated carbocycles. The van der Waals surface area contributed by atoms with Crippen LogP contribution in [0.25, 0.3) is 11.2 Å². The summed E-state index contributed by atoms with van der Waals surface area (Å²) in [6.45, 7) is 2.73. The predicted molar refractivity (Wildman–Crippen MR) is 117 cm³/mol. The lowest BCUT2D eigenvalue weighted by Gasteiger charge is -2.40. The Hall–Kier alpha value is -2.94. The molecule has 9 heteroatoms. The smallest absolute Gasteiger partial charge is 0.260 e. The first-order chi connectivity index (χ1) is 15.0. The third kappa shape index (κ3) is 4.41. The molecule has 2 aromatic heterocycles. The van der Waals surface area contributed by atoms with E-state index in [-0.39, 0.29) is 24.8 Å². The minimum atomic E-state index is -1.79. The third-order valence-electron chi connectivity index (χ3n) is 6.44. The number of piperidine rings is 2. The van der Waals surface area contributed by atoms with Crippen LogP contribution in [0.5, 0.6) is 0 Å². The lowest BCUT2D eigenvalue weighted by Crippen LogP contribution is -2.54. The molecule has 2 fully saturated rings. The number of halogens is 1. The summed E-state index contributed by atoms with van der Waals surface area (Å²) in [7, 11) is 0. The van der Waals surface area contributed by atoms with Gasteiger partial charge in [-0.2, -0.15) is 0 Å². The second-order valence-electron chi connectivity index (χ2n) is 8.36.